The van der Waals surface area contributed by atoms with Gasteiger partial charge >= 0.3 is 0 Å². The first-order valence-electron chi connectivity index (χ1n) is 7.15. The minimum Gasteiger partial charge on any atom is -0.494 e. The summed E-state index contributed by atoms with van der Waals surface area (Å²) in [5.41, 5.74) is 2.28. The van der Waals surface area contributed by atoms with Crippen LogP contribution in [-0.4, -0.2) is 11.6 Å². The van der Waals surface area contributed by atoms with E-state index in [1.807, 2.05) is 36.5 Å². The number of aromatic nitrogens is 1. The highest BCUT2D eigenvalue weighted by Crippen LogP contribution is 2.15. The number of hydrogen-bond acceptors (Lipinski definition) is 3. The fraction of sp³-hybridized carbons (Fsp3) is 0.353. The van der Waals surface area contributed by atoms with Gasteiger partial charge < -0.3 is 10.1 Å². The van der Waals surface area contributed by atoms with Crippen LogP contribution in [0.15, 0.2) is 48.7 Å². The summed E-state index contributed by atoms with van der Waals surface area (Å²) in [7, 11) is 0. The first-order chi connectivity index (χ1) is 9.79. The topological polar surface area (TPSA) is 34.1 Å². The predicted molar refractivity (Wildman–Crippen MR) is 81.7 cm³/mol. The fourth-order valence-corrected chi connectivity index (χ4v) is 1.97. The molecule has 1 atom stereocenters. The first-order valence-corrected chi connectivity index (χ1v) is 7.15. The molecule has 1 N–H and O–H groups in total. The number of pyridine rings is 1. The van der Waals surface area contributed by atoms with Gasteiger partial charge in [-0.3, -0.25) is 4.98 Å². The van der Waals surface area contributed by atoms with Crippen molar-refractivity contribution in [1.82, 2.24) is 10.3 Å². The molecule has 0 aliphatic rings. The third-order valence-electron chi connectivity index (χ3n) is 3.12. The van der Waals surface area contributed by atoms with Crippen LogP contribution in [0.4, 0.5) is 0 Å². The quantitative estimate of drug-likeness (QED) is 0.832. The second-order valence-corrected chi connectivity index (χ2v) is 4.85. The Kier molecular flexibility index (Phi) is 5.56. The summed E-state index contributed by atoms with van der Waals surface area (Å²) in [6, 6.07) is 14.5. The standard InChI is InChI=1S/C17H22N2O/c1-3-11-20-16-8-6-7-15(12-16)13-19-14(2)17-9-4-5-10-18-17/h4-10,12,14,19H,3,11,13H2,1-2H3. The van der Waals surface area contributed by atoms with E-state index in [9.17, 15) is 0 Å². The minimum absolute atomic E-state index is 0.233. The van der Waals surface area contributed by atoms with Crippen molar-refractivity contribution in [2.24, 2.45) is 0 Å². The lowest BCUT2D eigenvalue weighted by Crippen LogP contribution is -2.18. The average Bonchev–Trinajstić information content (AvgIpc) is 2.52. The summed E-state index contributed by atoms with van der Waals surface area (Å²) in [5, 5.41) is 3.48. The summed E-state index contributed by atoms with van der Waals surface area (Å²) in [5.74, 6) is 0.941. The van der Waals surface area contributed by atoms with E-state index >= 15 is 0 Å². The first kappa shape index (κ1) is 14.5. The van der Waals surface area contributed by atoms with Crippen molar-refractivity contribution in [1.29, 1.82) is 0 Å². The molecule has 0 radical (unpaired) electrons. The van der Waals surface area contributed by atoms with Crippen molar-refractivity contribution in [3.05, 3.63) is 59.9 Å². The van der Waals surface area contributed by atoms with Crippen LogP contribution in [0, 0.1) is 0 Å². The number of ether oxygens (including phenoxy) is 1. The molecule has 0 amide bonds. The van der Waals surface area contributed by atoms with E-state index in [4.69, 9.17) is 4.74 Å². The summed E-state index contributed by atoms with van der Waals surface area (Å²) in [6.45, 7) is 5.81. The molecule has 0 aliphatic heterocycles. The van der Waals surface area contributed by atoms with Crippen molar-refractivity contribution in [2.45, 2.75) is 32.9 Å². The Balaban J connectivity index is 1.90. The Hall–Kier alpha value is -1.87. The summed E-state index contributed by atoms with van der Waals surface area (Å²) in [6.07, 6.45) is 2.85. The maximum Gasteiger partial charge on any atom is 0.119 e. The summed E-state index contributed by atoms with van der Waals surface area (Å²) < 4.78 is 5.65. The van der Waals surface area contributed by atoms with Crippen molar-refractivity contribution in [3.8, 4) is 5.75 Å². The van der Waals surface area contributed by atoms with E-state index in [1.54, 1.807) is 0 Å². The Labute approximate surface area is 121 Å². The van der Waals surface area contributed by atoms with Gasteiger partial charge in [0, 0.05) is 18.8 Å². The Morgan fingerprint density at radius 2 is 2.10 bits per heavy atom. The van der Waals surface area contributed by atoms with Gasteiger partial charge in [-0.05, 0) is 43.2 Å². The van der Waals surface area contributed by atoms with Gasteiger partial charge in [0.05, 0.1) is 12.3 Å². The van der Waals surface area contributed by atoms with Crippen LogP contribution >= 0.6 is 0 Å². The number of hydrogen-bond donors (Lipinski definition) is 1. The lowest BCUT2D eigenvalue weighted by Gasteiger charge is -2.14. The van der Waals surface area contributed by atoms with E-state index in [2.05, 4.69) is 36.3 Å². The van der Waals surface area contributed by atoms with Gasteiger partial charge in [-0.25, -0.2) is 0 Å². The molecule has 2 rings (SSSR count). The molecule has 1 heterocycles. The number of benzene rings is 1. The number of nitrogens with zero attached hydrogens (tertiary/aromatic N) is 1. The van der Waals surface area contributed by atoms with Crippen LogP contribution in [0.3, 0.4) is 0 Å². The number of rotatable bonds is 7. The Morgan fingerprint density at radius 1 is 1.20 bits per heavy atom. The molecule has 1 unspecified atom stereocenters. The summed E-state index contributed by atoms with van der Waals surface area (Å²) >= 11 is 0. The molecule has 0 fully saturated rings. The van der Waals surface area contributed by atoms with Gasteiger partial charge in [0.25, 0.3) is 0 Å². The van der Waals surface area contributed by atoms with Crippen LogP contribution in [0.2, 0.25) is 0 Å². The monoisotopic (exact) mass is 270 g/mol. The molecule has 0 spiro atoms. The molecule has 0 aliphatic carbocycles. The van der Waals surface area contributed by atoms with E-state index in [0.29, 0.717) is 0 Å². The lowest BCUT2D eigenvalue weighted by atomic mass is 10.1. The molecule has 0 bridgehead atoms. The molecular formula is C17H22N2O. The van der Waals surface area contributed by atoms with Crippen molar-refractivity contribution < 1.29 is 4.74 Å². The van der Waals surface area contributed by atoms with Crippen LogP contribution in [-0.2, 0) is 6.54 Å². The Bertz CT molecular complexity index is 513. The third-order valence-corrected chi connectivity index (χ3v) is 3.12. The van der Waals surface area contributed by atoms with E-state index in [0.717, 1.165) is 31.0 Å². The van der Waals surface area contributed by atoms with E-state index in [1.165, 1.54) is 5.56 Å². The second-order valence-electron chi connectivity index (χ2n) is 4.85. The second kappa shape index (κ2) is 7.65. The van der Waals surface area contributed by atoms with Crippen molar-refractivity contribution in [3.63, 3.8) is 0 Å². The Morgan fingerprint density at radius 3 is 2.85 bits per heavy atom. The lowest BCUT2D eigenvalue weighted by molar-refractivity contribution is 0.317. The zero-order chi connectivity index (χ0) is 14.2. The average molecular weight is 270 g/mol. The van der Waals surface area contributed by atoms with E-state index in [-0.39, 0.29) is 6.04 Å². The van der Waals surface area contributed by atoms with Gasteiger partial charge in [0.2, 0.25) is 0 Å². The highest BCUT2D eigenvalue weighted by Gasteiger charge is 2.05. The fourth-order valence-electron chi connectivity index (χ4n) is 1.97. The molecule has 2 aromatic rings. The maximum absolute atomic E-state index is 5.65. The van der Waals surface area contributed by atoms with Gasteiger partial charge in [-0.1, -0.05) is 25.1 Å². The molecule has 1 aromatic carbocycles. The van der Waals surface area contributed by atoms with Crippen LogP contribution in [0.25, 0.3) is 0 Å². The van der Waals surface area contributed by atoms with Crippen LogP contribution in [0.5, 0.6) is 5.75 Å². The molecule has 0 saturated carbocycles. The molecule has 1 aromatic heterocycles. The molecule has 0 saturated heterocycles. The van der Waals surface area contributed by atoms with Crippen molar-refractivity contribution in [2.75, 3.05) is 6.61 Å². The molecule has 20 heavy (non-hydrogen) atoms. The SMILES string of the molecule is CCCOc1cccc(CNC(C)c2ccccn2)c1. The highest BCUT2D eigenvalue weighted by atomic mass is 16.5. The zero-order valence-electron chi connectivity index (χ0n) is 12.2. The van der Waals surface area contributed by atoms with E-state index < -0.39 is 0 Å². The predicted octanol–water partition coefficient (Wildman–Crippen LogP) is 3.72. The smallest absolute Gasteiger partial charge is 0.119 e. The maximum atomic E-state index is 5.65. The zero-order valence-corrected chi connectivity index (χ0v) is 12.2. The van der Waals surface area contributed by atoms with Gasteiger partial charge in [0.15, 0.2) is 0 Å². The normalized spacial score (nSPS) is 12.1. The molecule has 3 heteroatoms. The third kappa shape index (κ3) is 4.35. The highest BCUT2D eigenvalue weighted by molar-refractivity contribution is 5.28. The van der Waals surface area contributed by atoms with Gasteiger partial charge in [-0.2, -0.15) is 0 Å². The van der Waals surface area contributed by atoms with Crippen LogP contribution < -0.4 is 10.1 Å². The molecule has 3 nitrogen and oxygen atoms in total. The molecule has 106 valence electrons. The minimum atomic E-state index is 0.233. The van der Waals surface area contributed by atoms with Gasteiger partial charge in [-0.15, -0.1) is 0 Å². The van der Waals surface area contributed by atoms with Crippen LogP contribution in [0.1, 0.15) is 37.6 Å². The number of nitrogens with one attached hydrogen (secondary N) is 1. The summed E-state index contributed by atoms with van der Waals surface area (Å²) in [4.78, 5) is 4.36. The van der Waals surface area contributed by atoms with Crippen molar-refractivity contribution >= 4 is 0 Å². The van der Waals surface area contributed by atoms with Gasteiger partial charge in [0.1, 0.15) is 5.75 Å². The largest absolute Gasteiger partial charge is 0.494 e. The molecular weight excluding hydrogens is 248 g/mol.